The summed E-state index contributed by atoms with van der Waals surface area (Å²) < 4.78 is 7.84. The van der Waals surface area contributed by atoms with Crippen molar-refractivity contribution in [3.63, 3.8) is 0 Å². The summed E-state index contributed by atoms with van der Waals surface area (Å²) in [5, 5.41) is 4.52. The molecule has 0 spiro atoms. The maximum Gasteiger partial charge on any atom is 0.130 e. The lowest BCUT2D eigenvalue weighted by molar-refractivity contribution is 0.292. The molecule has 0 unspecified atom stereocenters. The Kier molecular flexibility index (Phi) is 5.42. The van der Waals surface area contributed by atoms with Crippen LogP contribution in [0.25, 0.3) is 0 Å². The zero-order chi connectivity index (χ0) is 15.1. The highest BCUT2D eigenvalue weighted by Crippen LogP contribution is 2.15. The molecule has 2 rings (SSSR count). The molecule has 2 N–H and O–H groups in total. The van der Waals surface area contributed by atoms with E-state index in [1.54, 1.807) is 0 Å². The van der Waals surface area contributed by atoms with E-state index in [1.807, 2.05) is 28.9 Å². The molecular formula is C17H21N3O. The summed E-state index contributed by atoms with van der Waals surface area (Å²) in [5.74, 6) is 6.66. The predicted molar refractivity (Wildman–Crippen MR) is 84.0 cm³/mol. The van der Waals surface area contributed by atoms with E-state index in [2.05, 4.69) is 36.9 Å². The maximum atomic E-state index is 5.85. The summed E-state index contributed by atoms with van der Waals surface area (Å²) in [5.41, 5.74) is 8.48. The molecule has 0 saturated carbocycles. The van der Waals surface area contributed by atoms with Gasteiger partial charge in [-0.2, -0.15) is 5.10 Å². The molecule has 0 aliphatic heterocycles. The van der Waals surface area contributed by atoms with Gasteiger partial charge < -0.3 is 10.5 Å². The van der Waals surface area contributed by atoms with Crippen LogP contribution in [-0.2, 0) is 19.6 Å². The van der Waals surface area contributed by atoms with E-state index in [4.69, 9.17) is 10.5 Å². The Morgan fingerprint density at radius 1 is 1.29 bits per heavy atom. The van der Waals surface area contributed by atoms with Crippen LogP contribution in [0, 0.1) is 11.8 Å². The highest BCUT2D eigenvalue weighted by Gasteiger charge is 2.06. The molecule has 0 aliphatic carbocycles. The fourth-order valence-corrected chi connectivity index (χ4v) is 2.05. The lowest BCUT2D eigenvalue weighted by Crippen LogP contribution is -2.06. The van der Waals surface area contributed by atoms with Crippen molar-refractivity contribution < 1.29 is 4.74 Å². The van der Waals surface area contributed by atoms with Gasteiger partial charge in [0, 0.05) is 12.1 Å². The van der Waals surface area contributed by atoms with Gasteiger partial charge in [0.1, 0.15) is 12.4 Å². The quantitative estimate of drug-likeness (QED) is 0.857. The van der Waals surface area contributed by atoms with Gasteiger partial charge in [0.05, 0.1) is 17.9 Å². The number of hydrogen-bond acceptors (Lipinski definition) is 3. The zero-order valence-corrected chi connectivity index (χ0v) is 12.6. The Morgan fingerprint density at radius 2 is 2.14 bits per heavy atom. The number of rotatable bonds is 5. The van der Waals surface area contributed by atoms with Crippen LogP contribution in [0.3, 0.4) is 0 Å². The van der Waals surface area contributed by atoms with Gasteiger partial charge in [-0.1, -0.05) is 24.8 Å². The molecule has 0 fully saturated rings. The first-order valence-electron chi connectivity index (χ1n) is 7.24. The van der Waals surface area contributed by atoms with Crippen molar-refractivity contribution in [3.8, 4) is 17.6 Å². The highest BCUT2D eigenvalue weighted by atomic mass is 16.5. The fourth-order valence-electron chi connectivity index (χ4n) is 2.05. The second-order valence-corrected chi connectivity index (χ2v) is 4.62. The topological polar surface area (TPSA) is 53.1 Å². The van der Waals surface area contributed by atoms with Gasteiger partial charge in [0.15, 0.2) is 0 Å². The molecule has 2 aromatic rings. The van der Waals surface area contributed by atoms with Crippen molar-refractivity contribution in [1.29, 1.82) is 0 Å². The van der Waals surface area contributed by atoms with Gasteiger partial charge in [-0.15, -0.1) is 0 Å². The Morgan fingerprint density at radius 3 is 2.86 bits per heavy atom. The van der Waals surface area contributed by atoms with Crippen molar-refractivity contribution in [2.24, 2.45) is 5.73 Å². The van der Waals surface area contributed by atoms with Crippen LogP contribution >= 0.6 is 0 Å². The smallest absolute Gasteiger partial charge is 0.130 e. The Balaban J connectivity index is 2.07. The van der Waals surface area contributed by atoms with Crippen LogP contribution in [0.5, 0.6) is 5.75 Å². The van der Waals surface area contributed by atoms with Crippen molar-refractivity contribution >= 4 is 0 Å². The fraction of sp³-hybridized carbons (Fsp3) is 0.353. The van der Waals surface area contributed by atoms with Crippen LogP contribution in [-0.4, -0.2) is 16.3 Å². The molecule has 0 bridgehead atoms. The molecule has 1 aromatic carbocycles. The van der Waals surface area contributed by atoms with E-state index in [9.17, 15) is 0 Å². The first-order valence-corrected chi connectivity index (χ1v) is 7.24. The molecule has 110 valence electrons. The number of benzene rings is 1. The molecule has 21 heavy (non-hydrogen) atoms. The third kappa shape index (κ3) is 4.11. The van der Waals surface area contributed by atoms with Gasteiger partial charge in [-0.05, 0) is 37.6 Å². The third-order valence-electron chi connectivity index (χ3n) is 3.13. The SMILES string of the molecule is CCc1cc(COc2cccc(C#CCN)c2)n(CC)n1. The molecule has 1 heterocycles. The van der Waals surface area contributed by atoms with E-state index in [-0.39, 0.29) is 0 Å². The normalized spacial score (nSPS) is 10.0. The monoisotopic (exact) mass is 283 g/mol. The van der Waals surface area contributed by atoms with Crippen LogP contribution in [0.4, 0.5) is 0 Å². The highest BCUT2D eigenvalue weighted by molar-refractivity contribution is 5.39. The number of aromatic nitrogens is 2. The average Bonchev–Trinajstić information content (AvgIpc) is 2.94. The van der Waals surface area contributed by atoms with E-state index in [0.717, 1.165) is 35.7 Å². The predicted octanol–water partition coefficient (Wildman–Crippen LogP) is 2.35. The summed E-state index contributed by atoms with van der Waals surface area (Å²) in [7, 11) is 0. The lowest BCUT2D eigenvalue weighted by atomic mass is 10.2. The first-order chi connectivity index (χ1) is 10.3. The van der Waals surface area contributed by atoms with Gasteiger partial charge in [0.2, 0.25) is 0 Å². The average molecular weight is 283 g/mol. The molecule has 0 atom stereocenters. The molecule has 0 amide bonds. The summed E-state index contributed by atoms with van der Waals surface area (Å²) in [4.78, 5) is 0. The molecule has 0 saturated heterocycles. The summed E-state index contributed by atoms with van der Waals surface area (Å²) >= 11 is 0. The molecule has 0 radical (unpaired) electrons. The minimum atomic E-state index is 0.362. The Labute approximate surface area is 125 Å². The maximum absolute atomic E-state index is 5.85. The number of nitrogens with zero attached hydrogens (tertiary/aromatic N) is 2. The van der Waals surface area contributed by atoms with Gasteiger partial charge >= 0.3 is 0 Å². The summed E-state index contributed by atoms with van der Waals surface area (Å²) in [6.07, 6.45) is 0.935. The van der Waals surface area contributed by atoms with Gasteiger partial charge in [-0.3, -0.25) is 4.68 Å². The lowest BCUT2D eigenvalue weighted by Gasteiger charge is -2.07. The van der Waals surface area contributed by atoms with Crippen molar-refractivity contribution in [3.05, 3.63) is 47.3 Å². The Bertz CT molecular complexity index is 650. The molecule has 4 heteroatoms. The van der Waals surface area contributed by atoms with E-state index < -0.39 is 0 Å². The van der Waals surface area contributed by atoms with Crippen LogP contribution in [0.2, 0.25) is 0 Å². The van der Waals surface area contributed by atoms with Crippen LogP contribution in [0.1, 0.15) is 30.8 Å². The largest absolute Gasteiger partial charge is 0.487 e. The number of aryl methyl sites for hydroxylation is 2. The molecule has 0 aliphatic rings. The number of nitrogens with two attached hydrogens (primary N) is 1. The Hall–Kier alpha value is -2.25. The van der Waals surface area contributed by atoms with Crippen LogP contribution in [0.15, 0.2) is 30.3 Å². The van der Waals surface area contributed by atoms with E-state index in [1.165, 1.54) is 0 Å². The second kappa shape index (κ2) is 7.51. The zero-order valence-electron chi connectivity index (χ0n) is 12.6. The minimum absolute atomic E-state index is 0.362. The third-order valence-corrected chi connectivity index (χ3v) is 3.13. The standard InChI is InChI=1S/C17H21N3O/c1-3-15-12-16(20(4-2)19-15)13-21-17-9-5-7-14(11-17)8-6-10-18/h5,7,9,11-12H,3-4,10,13,18H2,1-2H3. The van der Waals surface area contributed by atoms with E-state index in [0.29, 0.717) is 13.2 Å². The summed E-state index contributed by atoms with van der Waals surface area (Å²) in [6, 6.07) is 9.84. The molecule has 4 nitrogen and oxygen atoms in total. The van der Waals surface area contributed by atoms with Crippen molar-refractivity contribution in [2.75, 3.05) is 6.54 Å². The summed E-state index contributed by atoms with van der Waals surface area (Å²) in [6.45, 7) is 5.90. The van der Waals surface area contributed by atoms with Crippen LogP contribution < -0.4 is 10.5 Å². The molecule has 1 aromatic heterocycles. The van der Waals surface area contributed by atoms with E-state index >= 15 is 0 Å². The van der Waals surface area contributed by atoms with Gasteiger partial charge in [0.25, 0.3) is 0 Å². The first kappa shape index (κ1) is 15.1. The number of hydrogen-bond donors (Lipinski definition) is 1. The minimum Gasteiger partial charge on any atom is -0.487 e. The van der Waals surface area contributed by atoms with Crippen molar-refractivity contribution in [1.82, 2.24) is 9.78 Å². The second-order valence-electron chi connectivity index (χ2n) is 4.62. The van der Waals surface area contributed by atoms with Gasteiger partial charge in [-0.25, -0.2) is 0 Å². The number of ether oxygens (including phenoxy) is 1. The molecular weight excluding hydrogens is 262 g/mol. The van der Waals surface area contributed by atoms with Crippen molar-refractivity contribution in [2.45, 2.75) is 33.4 Å².